The topological polar surface area (TPSA) is 66.5 Å². The maximum Gasteiger partial charge on any atom is 0.273 e. The highest BCUT2D eigenvalue weighted by Gasteiger charge is 2.47. The Bertz CT molecular complexity index is 841. The Labute approximate surface area is 128 Å². The van der Waals surface area contributed by atoms with Crippen molar-refractivity contribution in [3.05, 3.63) is 35.5 Å². The molecule has 1 aliphatic heterocycles. The fraction of sp³-hybridized carbons (Fsp3) is 0.294. The monoisotopic (exact) mass is 295 g/mol. The largest absolute Gasteiger partial charge is 0.497 e. The maximum absolute atomic E-state index is 12.1. The molecule has 112 valence electrons. The zero-order valence-electron chi connectivity index (χ0n) is 12.6. The smallest absolute Gasteiger partial charge is 0.273 e. The Morgan fingerprint density at radius 1 is 1.32 bits per heavy atom. The van der Waals surface area contributed by atoms with Gasteiger partial charge in [-0.05, 0) is 43.2 Å². The Hall–Kier alpha value is -2.56. The van der Waals surface area contributed by atoms with E-state index < -0.39 is 0 Å². The van der Waals surface area contributed by atoms with Gasteiger partial charge in [-0.25, -0.2) is 5.43 Å². The van der Waals surface area contributed by atoms with Crippen LogP contribution in [-0.4, -0.2) is 23.7 Å². The maximum atomic E-state index is 12.1. The molecule has 1 aromatic heterocycles. The lowest BCUT2D eigenvalue weighted by atomic mass is 9.95. The predicted octanol–water partition coefficient (Wildman–Crippen LogP) is 2.85. The standard InChI is InChI=1S/C17H17N3O2/c1-17(5-6-17)15-13(16(21)20-19-15)9-11-7-10-8-12(22-2)3-4-14(10)18-11/h3-4,7-9,18H,5-6H2,1-2H3,(H,20,21)/b13-9-. The molecular weight excluding hydrogens is 278 g/mol. The van der Waals surface area contributed by atoms with E-state index in [4.69, 9.17) is 4.74 Å². The number of carbonyl (C=O) groups excluding carboxylic acids is 1. The van der Waals surface area contributed by atoms with Crippen LogP contribution in [0.4, 0.5) is 0 Å². The van der Waals surface area contributed by atoms with Crippen LogP contribution in [0.2, 0.25) is 0 Å². The van der Waals surface area contributed by atoms with Crippen molar-refractivity contribution in [1.29, 1.82) is 0 Å². The van der Waals surface area contributed by atoms with Crippen molar-refractivity contribution in [1.82, 2.24) is 10.4 Å². The van der Waals surface area contributed by atoms with Crippen LogP contribution in [0.5, 0.6) is 5.75 Å². The van der Waals surface area contributed by atoms with E-state index in [-0.39, 0.29) is 11.3 Å². The molecule has 22 heavy (non-hydrogen) atoms. The van der Waals surface area contributed by atoms with Gasteiger partial charge in [0.1, 0.15) is 5.75 Å². The third-order valence-corrected chi connectivity index (χ3v) is 4.49. The fourth-order valence-electron chi connectivity index (χ4n) is 2.85. The first-order valence-electron chi connectivity index (χ1n) is 7.36. The number of aromatic nitrogens is 1. The summed E-state index contributed by atoms with van der Waals surface area (Å²) in [5, 5.41) is 5.28. The molecule has 0 unspecified atom stereocenters. The van der Waals surface area contributed by atoms with E-state index in [2.05, 4.69) is 22.4 Å². The number of benzene rings is 1. The van der Waals surface area contributed by atoms with Crippen molar-refractivity contribution in [3.8, 4) is 5.75 Å². The minimum Gasteiger partial charge on any atom is -0.497 e. The molecule has 5 nitrogen and oxygen atoms in total. The minimum absolute atomic E-state index is 0.0558. The van der Waals surface area contributed by atoms with Crippen molar-refractivity contribution >= 4 is 28.6 Å². The van der Waals surface area contributed by atoms with Gasteiger partial charge < -0.3 is 9.72 Å². The van der Waals surface area contributed by atoms with Crippen LogP contribution >= 0.6 is 0 Å². The minimum atomic E-state index is -0.126. The zero-order chi connectivity index (χ0) is 15.3. The number of carbonyl (C=O) groups is 1. The van der Waals surface area contributed by atoms with Gasteiger partial charge in [-0.1, -0.05) is 6.92 Å². The van der Waals surface area contributed by atoms with Gasteiger partial charge in [-0.3, -0.25) is 4.79 Å². The second kappa shape index (κ2) is 4.47. The molecule has 1 amide bonds. The van der Waals surface area contributed by atoms with Gasteiger partial charge in [0.2, 0.25) is 0 Å². The number of methoxy groups -OCH3 is 1. The van der Waals surface area contributed by atoms with Crippen LogP contribution < -0.4 is 10.2 Å². The molecule has 2 N–H and O–H groups in total. The summed E-state index contributed by atoms with van der Waals surface area (Å²) < 4.78 is 5.24. The van der Waals surface area contributed by atoms with E-state index in [0.29, 0.717) is 5.57 Å². The van der Waals surface area contributed by atoms with Crippen molar-refractivity contribution in [2.75, 3.05) is 7.11 Å². The fourth-order valence-corrected chi connectivity index (χ4v) is 2.85. The lowest BCUT2D eigenvalue weighted by Crippen LogP contribution is -2.17. The molecule has 0 spiro atoms. The summed E-state index contributed by atoms with van der Waals surface area (Å²) in [6, 6.07) is 7.88. The molecule has 1 fully saturated rings. The van der Waals surface area contributed by atoms with Crippen LogP contribution in [0, 0.1) is 5.41 Å². The Morgan fingerprint density at radius 3 is 2.86 bits per heavy atom. The molecule has 1 saturated carbocycles. The number of hydrogen-bond donors (Lipinski definition) is 2. The first kappa shape index (κ1) is 13.1. The van der Waals surface area contributed by atoms with E-state index in [1.54, 1.807) is 7.11 Å². The highest BCUT2D eigenvalue weighted by Crippen LogP contribution is 2.49. The summed E-state index contributed by atoms with van der Waals surface area (Å²) in [5.41, 5.74) is 6.10. The number of nitrogens with one attached hydrogen (secondary N) is 2. The number of hydrogen-bond acceptors (Lipinski definition) is 3. The van der Waals surface area contributed by atoms with Crippen LogP contribution in [0.1, 0.15) is 25.5 Å². The molecule has 2 heterocycles. The van der Waals surface area contributed by atoms with Gasteiger partial charge in [0.05, 0.1) is 18.4 Å². The predicted molar refractivity (Wildman–Crippen MR) is 85.7 cm³/mol. The van der Waals surface area contributed by atoms with E-state index >= 15 is 0 Å². The van der Waals surface area contributed by atoms with Gasteiger partial charge in [0.15, 0.2) is 0 Å². The summed E-state index contributed by atoms with van der Waals surface area (Å²) in [6.45, 7) is 2.15. The quantitative estimate of drug-likeness (QED) is 0.855. The third kappa shape index (κ3) is 2.01. The molecule has 5 heteroatoms. The number of hydrazone groups is 1. The first-order valence-corrected chi connectivity index (χ1v) is 7.36. The molecular formula is C17H17N3O2. The average Bonchev–Trinajstić information content (AvgIpc) is 2.96. The molecule has 2 aliphatic rings. The Kier molecular flexibility index (Phi) is 2.66. The van der Waals surface area contributed by atoms with Gasteiger partial charge in [-0.15, -0.1) is 0 Å². The van der Waals surface area contributed by atoms with Gasteiger partial charge >= 0.3 is 0 Å². The molecule has 0 radical (unpaired) electrons. The number of amides is 1. The lowest BCUT2D eigenvalue weighted by Gasteiger charge is -2.07. The molecule has 4 rings (SSSR count). The first-order chi connectivity index (χ1) is 10.6. The Balaban J connectivity index is 1.75. The van der Waals surface area contributed by atoms with E-state index in [0.717, 1.165) is 40.9 Å². The highest BCUT2D eigenvalue weighted by atomic mass is 16.5. The second-order valence-corrected chi connectivity index (χ2v) is 6.20. The second-order valence-electron chi connectivity index (χ2n) is 6.20. The van der Waals surface area contributed by atoms with Gasteiger partial charge in [-0.2, -0.15) is 5.10 Å². The summed E-state index contributed by atoms with van der Waals surface area (Å²) in [7, 11) is 1.65. The van der Waals surface area contributed by atoms with E-state index in [1.807, 2.05) is 30.3 Å². The van der Waals surface area contributed by atoms with Crippen molar-refractivity contribution in [2.24, 2.45) is 10.5 Å². The van der Waals surface area contributed by atoms with Crippen molar-refractivity contribution in [3.63, 3.8) is 0 Å². The molecule has 2 aromatic rings. The van der Waals surface area contributed by atoms with E-state index in [9.17, 15) is 4.79 Å². The molecule has 1 aliphatic carbocycles. The summed E-state index contributed by atoms with van der Waals surface area (Å²) in [6.07, 6.45) is 4.06. The summed E-state index contributed by atoms with van der Waals surface area (Å²) >= 11 is 0. The Morgan fingerprint density at radius 2 is 2.14 bits per heavy atom. The third-order valence-electron chi connectivity index (χ3n) is 4.49. The zero-order valence-corrected chi connectivity index (χ0v) is 12.6. The number of fused-ring (bicyclic) bond motifs is 1. The van der Waals surface area contributed by atoms with Gasteiger partial charge in [0.25, 0.3) is 5.91 Å². The molecule has 0 atom stereocenters. The molecule has 1 aromatic carbocycles. The average molecular weight is 295 g/mol. The van der Waals surface area contributed by atoms with Crippen LogP contribution in [0.25, 0.3) is 17.0 Å². The van der Waals surface area contributed by atoms with Crippen LogP contribution in [0.15, 0.2) is 34.9 Å². The van der Waals surface area contributed by atoms with Crippen LogP contribution in [-0.2, 0) is 4.79 Å². The summed E-state index contributed by atoms with van der Waals surface area (Å²) in [4.78, 5) is 15.4. The van der Waals surface area contributed by atoms with Gasteiger partial charge in [0, 0.05) is 22.0 Å². The van der Waals surface area contributed by atoms with Crippen molar-refractivity contribution < 1.29 is 9.53 Å². The molecule has 0 saturated heterocycles. The number of aromatic amines is 1. The van der Waals surface area contributed by atoms with Crippen LogP contribution in [0.3, 0.4) is 0 Å². The molecule has 0 bridgehead atoms. The number of nitrogens with zero attached hydrogens (tertiary/aromatic N) is 1. The highest BCUT2D eigenvalue weighted by molar-refractivity contribution is 6.29. The normalized spacial score (nSPS) is 21.1. The van der Waals surface area contributed by atoms with Crippen molar-refractivity contribution in [2.45, 2.75) is 19.8 Å². The number of H-pyrrole nitrogens is 1. The SMILES string of the molecule is COc1ccc2[nH]c(/C=C3\C(=O)NN=C3C3(C)CC3)cc2c1. The summed E-state index contributed by atoms with van der Waals surface area (Å²) in [5.74, 6) is 0.691. The number of rotatable bonds is 3. The number of ether oxygens (including phenoxy) is 1. The van der Waals surface area contributed by atoms with E-state index in [1.165, 1.54) is 0 Å². The lowest BCUT2D eigenvalue weighted by molar-refractivity contribution is -0.116.